The number of nitrogens with one attached hydrogen (secondary N) is 1. The zero-order valence-corrected chi connectivity index (χ0v) is 17.3. The van der Waals surface area contributed by atoms with Crippen LogP contribution in [-0.2, 0) is 6.54 Å². The number of aromatic nitrogens is 3. The molecular formula is C23H23ClFN5. The van der Waals surface area contributed by atoms with E-state index in [4.69, 9.17) is 11.6 Å². The summed E-state index contributed by atoms with van der Waals surface area (Å²) >= 11 is 6.17. The third-order valence-electron chi connectivity index (χ3n) is 6.18. The number of halogens is 2. The highest BCUT2D eigenvalue weighted by Gasteiger charge is 2.40. The Bertz CT molecular complexity index is 1000. The molecule has 3 heterocycles. The minimum atomic E-state index is -0.339. The van der Waals surface area contributed by atoms with Crippen molar-refractivity contribution < 1.29 is 4.39 Å². The van der Waals surface area contributed by atoms with Crippen molar-refractivity contribution in [1.82, 2.24) is 20.1 Å². The number of hydrogen-bond acceptors (Lipinski definition) is 5. The molecule has 1 aromatic carbocycles. The van der Waals surface area contributed by atoms with Crippen LogP contribution in [0.2, 0.25) is 5.02 Å². The van der Waals surface area contributed by atoms with Crippen molar-refractivity contribution in [3.8, 4) is 11.3 Å². The molecule has 1 saturated heterocycles. The third-order valence-corrected chi connectivity index (χ3v) is 6.51. The van der Waals surface area contributed by atoms with Gasteiger partial charge in [-0.1, -0.05) is 17.7 Å². The highest BCUT2D eigenvalue weighted by Crippen LogP contribution is 2.39. The molecule has 1 aliphatic carbocycles. The van der Waals surface area contributed by atoms with Crippen LogP contribution in [0.1, 0.15) is 18.4 Å². The average molecular weight is 424 g/mol. The van der Waals surface area contributed by atoms with Gasteiger partial charge in [0.2, 0.25) is 0 Å². The lowest BCUT2D eigenvalue weighted by Gasteiger charge is -2.19. The first kappa shape index (κ1) is 19.4. The zero-order valence-electron chi connectivity index (χ0n) is 16.5. The number of fused-ring (bicyclic) bond motifs is 1. The van der Waals surface area contributed by atoms with Gasteiger partial charge in [-0.25, -0.2) is 4.39 Å². The minimum absolute atomic E-state index is 0.339. The minimum Gasteiger partial charge on any atom is -0.366 e. The summed E-state index contributed by atoms with van der Waals surface area (Å²) in [5.41, 5.74) is 2.40. The second-order valence-corrected chi connectivity index (χ2v) is 8.72. The number of pyridine rings is 1. The molecule has 5 rings (SSSR count). The molecule has 0 amide bonds. The van der Waals surface area contributed by atoms with E-state index in [1.165, 1.54) is 23.8 Å². The fraction of sp³-hybridized carbons (Fsp3) is 0.348. The van der Waals surface area contributed by atoms with Crippen LogP contribution in [0.25, 0.3) is 11.3 Å². The number of likely N-dealkylation sites (tertiary alicyclic amines) is 1. The van der Waals surface area contributed by atoms with Crippen LogP contribution in [0.3, 0.4) is 0 Å². The molecule has 3 aromatic rings. The van der Waals surface area contributed by atoms with Gasteiger partial charge < -0.3 is 5.32 Å². The molecule has 0 spiro atoms. The van der Waals surface area contributed by atoms with E-state index >= 15 is 0 Å². The van der Waals surface area contributed by atoms with E-state index < -0.39 is 0 Å². The average Bonchev–Trinajstić information content (AvgIpc) is 3.29. The zero-order chi connectivity index (χ0) is 20.5. The number of nitrogens with zero attached hydrogens (tertiary/aromatic N) is 4. The molecular weight excluding hydrogens is 401 g/mol. The molecule has 2 aliphatic rings. The molecule has 0 bridgehead atoms. The lowest BCUT2D eigenvalue weighted by Crippen LogP contribution is -2.25. The summed E-state index contributed by atoms with van der Waals surface area (Å²) in [6.45, 7) is 3.26. The predicted molar refractivity (Wildman–Crippen MR) is 116 cm³/mol. The van der Waals surface area contributed by atoms with E-state index in [1.54, 1.807) is 0 Å². The fourth-order valence-electron chi connectivity index (χ4n) is 4.85. The van der Waals surface area contributed by atoms with Crippen molar-refractivity contribution in [2.45, 2.75) is 25.4 Å². The monoisotopic (exact) mass is 423 g/mol. The van der Waals surface area contributed by atoms with Gasteiger partial charge >= 0.3 is 0 Å². The van der Waals surface area contributed by atoms with Gasteiger partial charge in [0.25, 0.3) is 0 Å². The van der Waals surface area contributed by atoms with Crippen molar-refractivity contribution in [2.24, 2.45) is 11.8 Å². The van der Waals surface area contributed by atoms with Gasteiger partial charge in [-0.3, -0.25) is 9.88 Å². The summed E-state index contributed by atoms with van der Waals surface area (Å²) in [7, 11) is 0. The van der Waals surface area contributed by atoms with Gasteiger partial charge in [-0.2, -0.15) is 0 Å². The normalized spacial score (nSPS) is 23.5. The standard InChI is InChI=1S/C23H23ClFN5/c24-21-4-3-18(25)10-20(21)22-5-6-23(29-28-22)27-19-8-16-13-30(14-17(16)9-19)12-15-2-1-7-26-11-15/h1-7,10-11,16-17,19H,8-9,12-14H2,(H,27,29)/t16-,17+,19-. The van der Waals surface area contributed by atoms with E-state index in [9.17, 15) is 4.39 Å². The first-order valence-electron chi connectivity index (χ1n) is 10.3. The maximum atomic E-state index is 13.5. The second kappa shape index (κ2) is 8.28. The maximum Gasteiger partial charge on any atom is 0.148 e. The molecule has 30 heavy (non-hydrogen) atoms. The Morgan fingerprint density at radius 2 is 1.90 bits per heavy atom. The topological polar surface area (TPSA) is 53.9 Å². The Morgan fingerprint density at radius 3 is 2.60 bits per heavy atom. The van der Waals surface area contributed by atoms with Gasteiger partial charge in [0.1, 0.15) is 11.6 Å². The van der Waals surface area contributed by atoms with E-state index in [2.05, 4.69) is 31.5 Å². The van der Waals surface area contributed by atoms with Crippen LogP contribution >= 0.6 is 11.6 Å². The van der Waals surface area contributed by atoms with Crippen molar-refractivity contribution >= 4 is 17.4 Å². The van der Waals surface area contributed by atoms with Crippen molar-refractivity contribution in [2.75, 3.05) is 18.4 Å². The Labute approximate surface area is 180 Å². The molecule has 5 nitrogen and oxygen atoms in total. The van der Waals surface area contributed by atoms with Crippen LogP contribution in [0, 0.1) is 17.7 Å². The SMILES string of the molecule is Fc1ccc(Cl)c(-c2ccc(N[C@@H]3C[C@@H]4CN(Cc5cccnc5)C[C@@H]4C3)nn2)c1. The summed E-state index contributed by atoms with van der Waals surface area (Å²) in [5, 5.41) is 12.5. The molecule has 1 aliphatic heterocycles. The Morgan fingerprint density at radius 1 is 1.07 bits per heavy atom. The van der Waals surface area contributed by atoms with Gasteiger partial charge in [-0.05, 0) is 66.6 Å². The van der Waals surface area contributed by atoms with Gasteiger partial charge in [-0.15, -0.1) is 10.2 Å². The predicted octanol–water partition coefficient (Wildman–Crippen LogP) is 4.65. The molecule has 2 fully saturated rings. The largest absolute Gasteiger partial charge is 0.366 e. The lowest BCUT2D eigenvalue weighted by atomic mass is 10.0. The fourth-order valence-corrected chi connectivity index (χ4v) is 5.06. The molecule has 0 radical (unpaired) electrons. The van der Waals surface area contributed by atoms with E-state index in [0.717, 1.165) is 50.1 Å². The maximum absolute atomic E-state index is 13.5. The van der Waals surface area contributed by atoms with Crippen LogP contribution < -0.4 is 5.32 Å². The quantitative estimate of drug-likeness (QED) is 0.647. The lowest BCUT2D eigenvalue weighted by molar-refractivity contribution is 0.300. The second-order valence-electron chi connectivity index (χ2n) is 8.32. The molecule has 3 atom stereocenters. The molecule has 7 heteroatoms. The molecule has 0 unspecified atom stereocenters. The van der Waals surface area contributed by atoms with Gasteiger partial charge in [0.15, 0.2) is 0 Å². The Hall–Kier alpha value is -2.57. The van der Waals surface area contributed by atoms with Crippen LogP contribution in [0.5, 0.6) is 0 Å². The molecule has 1 saturated carbocycles. The van der Waals surface area contributed by atoms with E-state index in [-0.39, 0.29) is 5.82 Å². The first-order valence-corrected chi connectivity index (χ1v) is 10.7. The number of anilines is 1. The summed E-state index contributed by atoms with van der Waals surface area (Å²) in [4.78, 5) is 6.76. The molecule has 154 valence electrons. The van der Waals surface area contributed by atoms with E-state index in [1.807, 2.05) is 30.6 Å². The van der Waals surface area contributed by atoms with Crippen molar-refractivity contribution in [1.29, 1.82) is 0 Å². The summed E-state index contributed by atoms with van der Waals surface area (Å²) in [6, 6.07) is 12.5. The van der Waals surface area contributed by atoms with Crippen molar-refractivity contribution in [3.63, 3.8) is 0 Å². The Kier molecular flexibility index (Phi) is 5.35. The smallest absolute Gasteiger partial charge is 0.148 e. The highest BCUT2D eigenvalue weighted by atomic mass is 35.5. The highest BCUT2D eigenvalue weighted by molar-refractivity contribution is 6.33. The summed E-state index contributed by atoms with van der Waals surface area (Å²) in [5.74, 6) is 1.85. The van der Waals surface area contributed by atoms with Crippen LogP contribution in [0.15, 0.2) is 54.9 Å². The van der Waals surface area contributed by atoms with Gasteiger partial charge in [0.05, 0.1) is 10.7 Å². The van der Waals surface area contributed by atoms with Crippen molar-refractivity contribution in [3.05, 3.63) is 71.3 Å². The van der Waals surface area contributed by atoms with Gasteiger partial charge in [0, 0.05) is 43.6 Å². The summed E-state index contributed by atoms with van der Waals surface area (Å²) < 4.78 is 13.5. The van der Waals surface area contributed by atoms with Crippen LogP contribution in [-0.4, -0.2) is 39.2 Å². The molecule has 2 aromatic heterocycles. The Balaban J connectivity index is 1.17. The van der Waals surface area contributed by atoms with Crippen LogP contribution in [0.4, 0.5) is 10.2 Å². The number of hydrogen-bond donors (Lipinski definition) is 1. The molecule has 1 N–H and O–H groups in total. The number of rotatable bonds is 5. The first-order chi connectivity index (χ1) is 14.6. The van der Waals surface area contributed by atoms with E-state index in [0.29, 0.717) is 22.3 Å². The summed E-state index contributed by atoms with van der Waals surface area (Å²) in [6.07, 6.45) is 6.07. The number of benzene rings is 1. The third kappa shape index (κ3) is 4.16.